The van der Waals surface area contributed by atoms with Gasteiger partial charge >= 0.3 is 12.3 Å². The highest BCUT2D eigenvalue weighted by atomic mass is 19.4. The first kappa shape index (κ1) is 13.0. The molecule has 0 radical (unpaired) electrons. The third-order valence-electron chi connectivity index (χ3n) is 1.57. The molecule has 1 heterocycles. The number of rotatable bonds is 3. The van der Waals surface area contributed by atoms with Gasteiger partial charge in [-0.1, -0.05) is 0 Å². The van der Waals surface area contributed by atoms with E-state index in [0.717, 1.165) is 12.1 Å². The average Bonchev–Trinajstić information content (AvgIpc) is 2.47. The van der Waals surface area contributed by atoms with Crippen LogP contribution in [-0.2, 0) is 4.74 Å². The number of ether oxygens (including phenoxy) is 1. The second-order valence-corrected chi connectivity index (χ2v) is 2.90. The summed E-state index contributed by atoms with van der Waals surface area (Å²) in [5, 5.41) is 18.1. The molecule has 96 valence electrons. The number of nitrogens with zero attached hydrogens (tertiary/aromatic N) is 1. The number of carbonyl (C=O) groups excluding carboxylic acids is 1. The van der Waals surface area contributed by atoms with Crippen LogP contribution in [0.1, 0.15) is 6.42 Å². The Kier molecular flexibility index (Phi) is 3.71. The van der Waals surface area contributed by atoms with Crippen molar-refractivity contribution in [3.63, 3.8) is 0 Å². The van der Waals surface area contributed by atoms with Crippen molar-refractivity contribution in [1.82, 2.24) is 4.73 Å². The van der Waals surface area contributed by atoms with E-state index in [9.17, 15) is 18.0 Å². The van der Waals surface area contributed by atoms with Crippen molar-refractivity contribution in [3.8, 4) is 11.8 Å². The van der Waals surface area contributed by atoms with Crippen LogP contribution in [0.15, 0.2) is 12.1 Å². The number of halogens is 3. The Bertz CT molecular complexity index is 381. The molecule has 17 heavy (non-hydrogen) atoms. The van der Waals surface area contributed by atoms with E-state index in [1.165, 1.54) is 0 Å². The van der Waals surface area contributed by atoms with Crippen LogP contribution in [0, 0.1) is 0 Å². The first-order valence-corrected chi connectivity index (χ1v) is 4.31. The monoisotopic (exact) mass is 255 g/mol. The summed E-state index contributed by atoms with van der Waals surface area (Å²) in [5.41, 5.74) is 0. The zero-order valence-corrected chi connectivity index (χ0v) is 8.27. The van der Waals surface area contributed by atoms with Crippen molar-refractivity contribution in [3.05, 3.63) is 12.1 Å². The molecule has 0 unspecified atom stereocenters. The normalized spacial score (nSPS) is 11.2. The lowest BCUT2D eigenvalue weighted by Crippen LogP contribution is -2.22. The smallest absolute Gasteiger partial charge is 0.492 e. The third kappa shape index (κ3) is 4.13. The quantitative estimate of drug-likeness (QED) is 0.798. The van der Waals surface area contributed by atoms with Crippen molar-refractivity contribution in [1.29, 1.82) is 0 Å². The molecular weight excluding hydrogens is 247 g/mol. The zero-order valence-electron chi connectivity index (χ0n) is 8.27. The number of alkyl halides is 3. The molecule has 1 aromatic heterocycles. The molecular formula is C8H8F3NO5. The molecule has 2 N–H and O–H groups in total. The Morgan fingerprint density at radius 3 is 2.29 bits per heavy atom. The fourth-order valence-electron chi connectivity index (χ4n) is 0.846. The molecule has 0 bridgehead atoms. The topological polar surface area (TPSA) is 80.9 Å². The third-order valence-corrected chi connectivity index (χ3v) is 1.57. The molecule has 6 nitrogen and oxygen atoms in total. The van der Waals surface area contributed by atoms with Crippen LogP contribution in [0.2, 0.25) is 0 Å². The Morgan fingerprint density at radius 1 is 1.29 bits per heavy atom. The van der Waals surface area contributed by atoms with Crippen LogP contribution in [0.25, 0.3) is 0 Å². The fourth-order valence-corrected chi connectivity index (χ4v) is 0.846. The van der Waals surface area contributed by atoms with E-state index in [4.69, 9.17) is 10.2 Å². The van der Waals surface area contributed by atoms with Gasteiger partial charge in [0.25, 0.3) is 0 Å². The van der Waals surface area contributed by atoms with Crippen molar-refractivity contribution in [2.24, 2.45) is 0 Å². The summed E-state index contributed by atoms with van der Waals surface area (Å²) < 4.78 is 39.5. The lowest BCUT2D eigenvalue weighted by Gasteiger charge is -2.08. The van der Waals surface area contributed by atoms with Crippen molar-refractivity contribution >= 4 is 6.16 Å². The number of aromatic nitrogens is 1. The van der Waals surface area contributed by atoms with Crippen LogP contribution in [0.3, 0.4) is 0 Å². The highest BCUT2D eigenvalue weighted by Gasteiger charge is 2.27. The van der Waals surface area contributed by atoms with E-state index in [1.54, 1.807) is 0 Å². The Balaban J connectivity index is 2.41. The molecule has 1 aromatic rings. The van der Waals surface area contributed by atoms with Gasteiger partial charge in [0.2, 0.25) is 11.8 Å². The standard InChI is InChI=1S/C8H8F3NO5/c9-8(10,11)3-4-16-7(15)17-12-5(13)1-2-6(12)14/h1-2,13-14H,3-4H2. The Morgan fingerprint density at radius 2 is 1.82 bits per heavy atom. The summed E-state index contributed by atoms with van der Waals surface area (Å²) in [6.45, 7) is -0.912. The Labute approximate surface area is 92.7 Å². The number of carbonyl (C=O) groups is 1. The van der Waals surface area contributed by atoms with Crippen LogP contribution in [-0.4, -0.2) is 33.9 Å². The maximum Gasteiger partial charge on any atom is 0.533 e. The summed E-state index contributed by atoms with van der Waals surface area (Å²) >= 11 is 0. The second-order valence-electron chi connectivity index (χ2n) is 2.90. The van der Waals surface area contributed by atoms with Gasteiger partial charge in [-0.2, -0.15) is 13.2 Å². The predicted molar refractivity (Wildman–Crippen MR) is 46.4 cm³/mol. The fraction of sp³-hybridized carbons (Fsp3) is 0.375. The molecule has 0 atom stereocenters. The first-order chi connectivity index (χ1) is 7.79. The maximum atomic E-state index is 11.7. The summed E-state index contributed by atoms with van der Waals surface area (Å²) in [6.07, 6.45) is -7.24. The minimum Gasteiger partial charge on any atom is -0.492 e. The molecule has 0 fully saturated rings. The van der Waals surface area contributed by atoms with E-state index in [2.05, 4.69) is 9.57 Å². The van der Waals surface area contributed by atoms with E-state index in [1.807, 2.05) is 0 Å². The number of hydrogen-bond acceptors (Lipinski definition) is 5. The van der Waals surface area contributed by atoms with Crippen LogP contribution < -0.4 is 4.84 Å². The molecule has 0 aromatic carbocycles. The van der Waals surface area contributed by atoms with E-state index >= 15 is 0 Å². The highest BCUT2D eigenvalue weighted by Crippen LogP contribution is 2.20. The predicted octanol–water partition coefficient (Wildman–Crippen LogP) is 1.42. The second kappa shape index (κ2) is 4.85. The lowest BCUT2D eigenvalue weighted by atomic mass is 10.4. The van der Waals surface area contributed by atoms with Gasteiger partial charge in [-0.05, 0) is 0 Å². The van der Waals surface area contributed by atoms with Gasteiger partial charge in [-0.3, -0.25) is 4.84 Å². The van der Waals surface area contributed by atoms with Gasteiger partial charge in [0.15, 0.2) is 0 Å². The largest absolute Gasteiger partial charge is 0.533 e. The SMILES string of the molecule is O=C(OCCC(F)(F)F)On1c(O)ccc1O. The molecule has 0 aliphatic rings. The van der Waals surface area contributed by atoms with Gasteiger partial charge in [-0.15, -0.1) is 4.73 Å². The minimum atomic E-state index is -4.45. The van der Waals surface area contributed by atoms with Gasteiger partial charge < -0.3 is 14.9 Å². The maximum absolute atomic E-state index is 11.7. The molecule has 9 heteroatoms. The molecule has 0 saturated heterocycles. The lowest BCUT2D eigenvalue weighted by molar-refractivity contribution is -0.142. The molecule has 0 aliphatic carbocycles. The molecule has 1 rings (SSSR count). The molecule has 0 aliphatic heterocycles. The van der Waals surface area contributed by atoms with E-state index < -0.39 is 37.1 Å². The molecule has 0 saturated carbocycles. The van der Waals surface area contributed by atoms with Crippen LogP contribution >= 0.6 is 0 Å². The Hall–Kier alpha value is -2.06. The summed E-state index contributed by atoms with van der Waals surface area (Å²) in [5.74, 6) is -1.20. The van der Waals surface area contributed by atoms with Crippen LogP contribution in [0.4, 0.5) is 18.0 Å². The van der Waals surface area contributed by atoms with Gasteiger partial charge in [0.1, 0.15) is 6.61 Å². The highest BCUT2D eigenvalue weighted by molar-refractivity contribution is 5.60. The minimum absolute atomic E-state index is 0.302. The molecule has 0 spiro atoms. The van der Waals surface area contributed by atoms with E-state index in [-0.39, 0.29) is 0 Å². The summed E-state index contributed by atoms with van der Waals surface area (Å²) in [4.78, 5) is 15.1. The first-order valence-electron chi connectivity index (χ1n) is 4.31. The summed E-state index contributed by atoms with van der Waals surface area (Å²) in [7, 11) is 0. The van der Waals surface area contributed by atoms with Crippen LogP contribution in [0.5, 0.6) is 11.8 Å². The van der Waals surface area contributed by atoms with E-state index in [0.29, 0.717) is 4.73 Å². The van der Waals surface area contributed by atoms with Crippen molar-refractivity contribution < 1.29 is 37.8 Å². The van der Waals surface area contributed by atoms with Crippen molar-refractivity contribution in [2.75, 3.05) is 6.61 Å². The van der Waals surface area contributed by atoms with Gasteiger partial charge in [0.05, 0.1) is 6.42 Å². The van der Waals surface area contributed by atoms with Gasteiger partial charge in [0, 0.05) is 12.1 Å². The summed E-state index contributed by atoms with van der Waals surface area (Å²) in [6, 6.07) is 2.02. The van der Waals surface area contributed by atoms with Crippen molar-refractivity contribution in [2.45, 2.75) is 12.6 Å². The average molecular weight is 255 g/mol. The number of aromatic hydroxyl groups is 2. The van der Waals surface area contributed by atoms with Gasteiger partial charge in [-0.25, -0.2) is 4.79 Å². The zero-order chi connectivity index (χ0) is 13.1. The molecule has 0 amide bonds. The number of hydrogen-bond donors (Lipinski definition) is 2.